The summed E-state index contributed by atoms with van der Waals surface area (Å²) in [6.07, 6.45) is 3.32. The Bertz CT molecular complexity index is 1070. The van der Waals surface area contributed by atoms with Crippen LogP contribution in [0.5, 0.6) is 0 Å². The van der Waals surface area contributed by atoms with Crippen molar-refractivity contribution < 1.29 is 14.7 Å². The van der Waals surface area contributed by atoms with Gasteiger partial charge in [-0.05, 0) is 24.6 Å². The summed E-state index contributed by atoms with van der Waals surface area (Å²) in [4.78, 5) is 29.6. The van der Waals surface area contributed by atoms with Crippen LogP contribution in [0.4, 0.5) is 0 Å². The van der Waals surface area contributed by atoms with E-state index in [4.69, 9.17) is 5.11 Å². The molecule has 0 saturated carbocycles. The predicted octanol–water partition coefficient (Wildman–Crippen LogP) is 2.59. The molecular weight excluding hydrogens is 344 g/mol. The normalized spacial score (nSPS) is 13.1. The van der Waals surface area contributed by atoms with Crippen LogP contribution in [0.2, 0.25) is 0 Å². The molecule has 0 fully saturated rings. The van der Waals surface area contributed by atoms with Crippen LogP contribution in [-0.2, 0) is 17.9 Å². The number of carboxylic acid groups (broad SMARTS) is 1. The Labute approximate surface area is 155 Å². The predicted molar refractivity (Wildman–Crippen MR) is 99.1 cm³/mol. The molecule has 0 saturated heterocycles. The second-order valence-corrected chi connectivity index (χ2v) is 6.70. The molecule has 7 nitrogen and oxygen atoms in total. The number of carbonyl (C=O) groups is 2. The average Bonchev–Trinajstić information content (AvgIpc) is 3.19. The van der Waals surface area contributed by atoms with Gasteiger partial charge >= 0.3 is 5.97 Å². The maximum Gasteiger partial charge on any atom is 0.325 e. The summed E-state index contributed by atoms with van der Waals surface area (Å²) in [7, 11) is 1.79. The SMILES string of the molecule is Cc1ccc(-c2cnn(CC(=O)O)c2)c(-c2ccc3c(c2)C(=O)N(C)C3)n1. The van der Waals surface area contributed by atoms with Crippen LogP contribution < -0.4 is 0 Å². The van der Waals surface area contributed by atoms with Gasteiger partial charge in [0.1, 0.15) is 6.54 Å². The molecule has 3 heterocycles. The van der Waals surface area contributed by atoms with Crippen LogP contribution >= 0.6 is 0 Å². The van der Waals surface area contributed by atoms with E-state index < -0.39 is 5.97 Å². The smallest absolute Gasteiger partial charge is 0.325 e. The van der Waals surface area contributed by atoms with Crippen molar-refractivity contribution in [2.45, 2.75) is 20.0 Å². The van der Waals surface area contributed by atoms with Crippen molar-refractivity contribution in [2.24, 2.45) is 0 Å². The van der Waals surface area contributed by atoms with E-state index >= 15 is 0 Å². The Kier molecular flexibility index (Phi) is 3.99. The Balaban J connectivity index is 1.80. The van der Waals surface area contributed by atoms with Crippen molar-refractivity contribution in [1.82, 2.24) is 19.7 Å². The summed E-state index contributed by atoms with van der Waals surface area (Å²) >= 11 is 0. The number of benzene rings is 1. The summed E-state index contributed by atoms with van der Waals surface area (Å²) in [6.45, 7) is 2.33. The molecule has 1 aromatic carbocycles. The number of aryl methyl sites for hydroxylation is 1. The molecule has 136 valence electrons. The molecule has 1 N–H and O–H groups in total. The molecule has 1 amide bonds. The first kappa shape index (κ1) is 17.0. The maximum absolute atomic E-state index is 12.3. The number of hydrogen-bond donors (Lipinski definition) is 1. The molecular formula is C20H18N4O3. The van der Waals surface area contributed by atoms with Crippen LogP contribution in [0.3, 0.4) is 0 Å². The van der Waals surface area contributed by atoms with Gasteiger partial charge in [-0.3, -0.25) is 19.3 Å². The topological polar surface area (TPSA) is 88.3 Å². The first-order valence-electron chi connectivity index (χ1n) is 8.53. The zero-order chi connectivity index (χ0) is 19.1. The first-order chi connectivity index (χ1) is 12.9. The molecule has 0 aliphatic carbocycles. The lowest BCUT2D eigenvalue weighted by molar-refractivity contribution is -0.137. The summed E-state index contributed by atoms with van der Waals surface area (Å²) < 4.78 is 1.38. The van der Waals surface area contributed by atoms with E-state index in [1.165, 1.54) is 4.68 Å². The van der Waals surface area contributed by atoms with Crippen LogP contribution in [0, 0.1) is 6.92 Å². The minimum atomic E-state index is -0.951. The molecule has 4 rings (SSSR count). The van der Waals surface area contributed by atoms with Crippen LogP contribution in [0.1, 0.15) is 21.6 Å². The van der Waals surface area contributed by atoms with Crippen molar-refractivity contribution in [2.75, 3.05) is 7.05 Å². The van der Waals surface area contributed by atoms with Gasteiger partial charge < -0.3 is 10.0 Å². The van der Waals surface area contributed by atoms with Gasteiger partial charge in [0.2, 0.25) is 0 Å². The monoisotopic (exact) mass is 362 g/mol. The fourth-order valence-electron chi connectivity index (χ4n) is 3.33. The third-order valence-electron chi connectivity index (χ3n) is 4.64. The molecule has 27 heavy (non-hydrogen) atoms. The van der Waals surface area contributed by atoms with Gasteiger partial charge in [-0.15, -0.1) is 0 Å². The lowest BCUT2D eigenvalue weighted by atomic mass is 9.98. The minimum Gasteiger partial charge on any atom is -0.480 e. The molecule has 0 unspecified atom stereocenters. The lowest BCUT2D eigenvalue weighted by Gasteiger charge is -2.10. The minimum absolute atomic E-state index is 0.00957. The number of carbonyl (C=O) groups excluding carboxylic acids is 1. The number of aromatic nitrogens is 3. The summed E-state index contributed by atoms with van der Waals surface area (Å²) in [6, 6.07) is 9.67. The highest BCUT2D eigenvalue weighted by Crippen LogP contribution is 2.33. The highest BCUT2D eigenvalue weighted by atomic mass is 16.4. The standard InChI is InChI=1S/C20H18N4O3/c1-12-3-6-16(15-8-21-24(10-15)11-18(25)26)19(22-12)13-4-5-14-9-23(2)20(27)17(14)7-13/h3-8,10H,9,11H2,1-2H3,(H,25,26). The van der Waals surface area contributed by atoms with E-state index in [9.17, 15) is 9.59 Å². The van der Waals surface area contributed by atoms with Gasteiger partial charge in [0, 0.05) is 47.7 Å². The third-order valence-corrected chi connectivity index (χ3v) is 4.64. The number of amides is 1. The number of hydrogen-bond acceptors (Lipinski definition) is 4. The quantitative estimate of drug-likeness (QED) is 0.771. The maximum atomic E-state index is 12.3. The van der Waals surface area contributed by atoms with Crippen LogP contribution in [0.25, 0.3) is 22.4 Å². The van der Waals surface area contributed by atoms with E-state index in [-0.39, 0.29) is 12.5 Å². The highest BCUT2D eigenvalue weighted by molar-refractivity contribution is 5.99. The molecule has 2 aromatic heterocycles. The van der Waals surface area contributed by atoms with E-state index in [0.717, 1.165) is 33.6 Å². The summed E-state index contributed by atoms with van der Waals surface area (Å²) in [5.74, 6) is -0.941. The number of nitrogens with zero attached hydrogens (tertiary/aromatic N) is 4. The molecule has 0 spiro atoms. The Morgan fingerprint density at radius 3 is 2.78 bits per heavy atom. The average molecular weight is 362 g/mol. The van der Waals surface area contributed by atoms with E-state index in [1.54, 1.807) is 24.3 Å². The van der Waals surface area contributed by atoms with Crippen LogP contribution in [0.15, 0.2) is 42.7 Å². The van der Waals surface area contributed by atoms with Crippen LogP contribution in [-0.4, -0.2) is 43.7 Å². The number of rotatable bonds is 4. The van der Waals surface area contributed by atoms with Gasteiger partial charge in [-0.2, -0.15) is 5.10 Å². The number of carboxylic acids is 1. The lowest BCUT2D eigenvalue weighted by Crippen LogP contribution is -2.17. The van der Waals surface area contributed by atoms with E-state index in [0.29, 0.717) is 12.1 Å². The van der Waals surface area contributed by atoms with Crippen molar-refractivity contribution in [3.63, 3.8) is 0 Å². The Morgan fingerprint density at radius 2 is 2.00 bits per heavy atom. The molecule has 1 aliphatic heterocycles. The van der Waals surface area contributed by atoms with E-state index in [2.05, 4.69) is 10.1 Å². The second kappa shape index (κ2) is 6.35. The van der Waals surface area contributed by atoms with Crippen molar-refractivity contribution in [1.29, 1.82) is 0 Å². The van der Waals surface area contributed by atoms with Gasteiger partial charge in [0.15, 0.2) is 0 Å². The molecule has 1 aliphatic rings. The third kappa shape index (κ3) is 3.08. The second-order valence-electron chi connectivity index (χ2n) is 6.70. The molecule has 0 atom stereocenters. The van der Waals surface area contributed by atoms with E-state index in [1.807, 2.05) is 37.3 Å². The van der Waals surface area contributed by atoms with Crippen molar-refractivity contribution in [3.05, 3.63) is 59.5 Å². The number of aliphatic carboxylic acids is 1. The molecule has 3 aromatic rings. The zero-order valence-corrected chi connectivity index (χ0v) is 15.0. The molecule has 0 radical (unpaired) electrons. The number of fused-ring (bicyclic) bond motifs is 1. The zero-order valence-electron chi connectivity index (χ0n) is 15.0. The van der Waals surface area contributed by atoms with Gasteiger partial charge in [-0.1, -0.05) is 18.2 Å². The fraction of sp³-hybridized carbons (Fsp3) is 0.200. The van der Waals surface area contributed by atoms with Gasteiger partial charge in [-0.25, -0.2) is 0 Å². The highest BCUT2D eigenvalue weighted by Gasteiger charge is 2.25. The van der Waals surface area contributed by atoms with Gasteiger partial charge in [0.05, 0.1) is 11.9 Å². The van der Waals surface area contributed by atoms with Crippen molar-refractivity contribution >= 4 is 11.9 Å². The summed E-state index contributed by atoms with van der Waals surface area (Å²) in [5, 5.41) is 13.1. The Hall–Kier alpha value is -3.48. The molecule has 7 heteroatoms. The first-order valence-corrected chi connectivity index (χ1v) is 8.53. The fourth-order valence-corrected chi connectivity index (χ4v) is 3.33. The van der Waals surface area contributed by atoms with Crippen molar-refractivity contribution in [3.8, 4) is 22.4 Å². The number of pyridine rings is 1. The van der Waals surface area contributed by atoms with Gasteiger partial charge in [0.25, 0.3) is 5.91 Å². The Morgan fingerprint density at radius 1 is 1.19 bits per heavy atom. The summed E-state index contributed by atoms with van der Waals surface area (Å²) in [5.41, 5.74) is 5.78. The molecule has 0 bridgehead atoms. The largest absolute Gasteiger partial charge is 0.480 e.